The highest BCUT2D eigenvalue weighted by atomic mass is 35.5. The highest BCUT2D eigenvalue weighted by molar-refractivity contribution is 7.92. The molecule has 11 heteroatoms. The maximum atomic E-state index is 12.3. The van der Waals surface area contributed by atoms with Gasteiger partial charge in [0.05, 0.1) is 4.90 Å². The van der Waals surface area contributed by atoms with Gasteiger partial charge in [0, 0.05) is 11.6 Å². The predicted molar refractivity (Wildman–Crippen MR) is 109 cm³/mol. The summed E-state index contributed by atoms with van der Waals surface area (Å²) >= 11 is 4.11. The summed E-state index contributed by atoms with van der Waals surface area (Å²) < 4.78 is 39.3. The predicted octanol–water partition coefficient (Wildman–Crippen LogP) is 1.17. The van der Waals surface area contributed by atoms with Crippen molar-refractivity contribution in [1.82, 2.24) is 10.0 Å². The smallest absolute Gasteiger partial charge is 0.322 e. The molecule has 1 amide bonds. The third kappa shape index (κ3) is 7.67. The molecule has 2 aromatic rings. The molecule has 2 aromatic carbocycles. The molecule has 0 bridgehead atoms. The molecule has 0 spiro atoms. The summed E-state index contributed by atoms with van der Waals surface area (Å²) in [6, 6.07) is 12.4. The number of nitrogens with one attached hydrogen (secondary N) is 2. The van der Waals surface area contributed by atoms with E-state index in [0.717, 1.165) is 5.56 Å². The Hall–Kier alpha value is -2.11. The molecule has 156 valence electrons. The molecule has 0 fully saturated rings. The Morgan fingerprint density at radius 3 is 2.48 bits per heavy atom. The molecule has 8 nitrogen and oxygen atoms in total. The molecule has 0 saturated carbocycles. The van der Waals surface area contributed by atoms with Crippen LogP contribution in [0, 0.1) is 0 Å². The molecular formula is C18H19ClN2O6S2. The molecule has 1 unspecified atom stereocenters. The Labute approximate surface area is 176 Å². The van der Waals surface area contributed by atoms with Gasteiger partial charge in [-0.05, 0) is 59.6 Å². The number of hydrogen-bond donors (Lipinski definition) is 3. The van der Waals surface area contributed by atoms with Crippen molar-refractivity contribution >= 4 is 44.7 Å². The number of aliphatic carboxylic acids is 1. The van der Waals surface area contributed by atoms with Gasteiger partial charge in [-0.3, -0.25) is 9.59 Å². The van der Waals surface area contributed by atoms with E-state index < -0.39 is 39.6 Å². The van der Waals surface area contributed by atoms with E-state index in [4.69, 9.17) is 16.7 Å². The van der Waals surface area contributed by atoms with Gasteiger partial charge in [-0.15, -0.1) is 0 Å². The highest BCUT2D eigenvalue weighted by Crippen LogP contribution is 2.15. The molecule has 2 rings (SSSR count). The van der Waals surface area contributed by atoms with Crippen molar-refractivity contribution in [2.75, 3.05) is 18.8 Å². The second-order valence-electron chi connectivity index (χ2n) is 5.91. The van der Waals surface area contributed by atoms with E-state index in [1.807, 2.05) is 0 Å². The highest BCUT2D eigenvalue weighted by Gasteiger charge is 2.18. The van der Waals surface area contributed by atoms with Crippen molar-refractivity contribution in [2.24, 2.45) is 0 Å². The van der Waals surface area contributed by atoms with E-state index in [2.05, 4.69) is 10.0 Å². The zero-order chi connectivity index (χ0) is 21.4. The molecule has 0 radical (unpaired) electrons. The minimum Gasteiger partial charge on any atom is -0.611 e. The van der Waals surface area contributed by atoms with Crippen LogP contribution in [-0.4, -0.2) is 48.8 Å². The van der Waals surface area contributed by atoms with Crippen LogP contribution in [0.5, 0.6) is 0 Å². The summed E-state index contributed by atoms with van der Waals surface area (Å²) in [5.41, 5.74) is 0.737. The van der Waals surface area contributed by atoms with Crippen molar-refractivity contribution in [3.8, 4) is 0 Å². The van der Waals surface area contributed by atoms with Gasteiger partial charge in [0.25, 0.3) is 5.91 Å². The first kappa shape index (κ1) is 23.2. The van der Waals surface area contributed by atoms with Crippen molar-refractivity contribution in [3.05, 3.63) is 59.1 Å². The van der Waals surface area contributed by atoms with E-state index in [0.29, 0.717) is 16.3 Å². The first-order valence-corrected chi connectivity index (χ1v) is 11.6. The molecule has 0 aliphatic carbocycles. The standard InChI is InChI=1S/C18H19ClN2O6S2/c19-14-4-6-16(7-5-14)29(26,27)21-9-8-13-2-1-3-15(10-13)28(25)12-17(22)20-11-18(23)24/h1-7,10,21H,8-9,11-12H2,(H,20,22)(H,23,24). The lowest BCUT2D eigenvalue weighted by Crippen LogP contribution is -2.34. The second kappa shape index (κ2) is 10.6. The zero-order valence-corrected chi connectivity index (χ0v) is 17.5. The molecule has 0 heterocycles. The lowest BCUT2D eigenvalue weighted by molar-refractivity contribution is -0.137. The van der Waals surface area contributed by atoms with Crippen LogP contribution in [0.25, 0.3) is 0 Å². The Bertz CT molecular complexity index is 967. The average molecular weight is 459 g/mol. The monoisotopic (exact) mass is 458 g/mol. The summed E-state index contributed by atoms with van der Waals surface area (Å²) in [4.78, 5) is 22.5. The summed E-state index contributed by atoms with van der Waals surface area (Å²) in [6.45, 7) is -0.413. The summed E-state index contributed by atoms with van der Waals surface area (Å²) in [5.74, 6) is -2.18. The van der Waals surface area contributed by atoms with Crippen LogP contribution in [0.3, 0.4) is 0 Å². The zero-order valence-electron chi connectivity index (χ0n) is 15.1. The van der Waals surface area contributed by atoms with Gasteiger partial charge in [-0.2, -0.15) is 0 Å². The van der Waals surface area contributed by atoms with Gasteiger partial charge < -0.3 is 15.0 Å². The fourth-order valence-electron chi connectivity index (χ4n) is 2.30. The van der Waals surface area contributed by atoms with Crippen molar-refractivity contribution in [2.45, 2.75) is 16.2 Å². The van der Waals surface area contributed by atoms with Crippen LogP contribution in [-0.2, 0) is 37.2 Å². The number of sulfonamides is 1. The normalized spacial score (nSPS) is 12.3. The fraction of sp³-hybridized carbons (Fsp3) is 0.222. The van der Waals surface area contributed by atoms with E-state index in [-0.39, 0.29) is 17.2 Å². The van der Waals surface area contributed by atoms with Gasteiger partial charge in [0.2, 0.25) is 10.0 Å². The number of carbonyl (C=O) groups is 2. The molecule has 1 atom stereocenters. The topological polar surface area (TPSA) is 136 Å². The third-order valence-corrected chi connectivity index (χ3v) is 6.72. The second-order valence-corrected chi connectivity index (χ2v) is 9.56. The lowest BCUT2D eigenvalue weighted by Gasteiger charge is -2.11. The first-order valence-electron chi connectivity index (χ1n) is 8.38. The van der Waals surface area contributed by atoms with Gasteiger partial charge >= 0.3 is 5.97 Å². The largest absolute Gasteiger partial charge is 0.611 e. The average Bonchev–Trinajstić information content (AvgIpc) is 2.67. The van der Waals surface area contributed by atoms with E-state index >= 15 is 0 Å². The summed E-state index contributed by atoms with van der Waals surface area (Å²) in [7, 11) is -3.67. The summed E-state index contributed by atoms with van der Waals surface area (Å²) in [5, 5.41) is 11.1. The Kier molecular flexibility index (Phi) is 8.47. The molecule has 29 heavy (non-hydrogen) atoms. The van der Waals surface area contributed by atoms with Crippen LogP contribution < -0.4 is 10.0 Å². The van der Waals surface area contributed by atoms with Gasteiger partial charge in [0.15, 0.2) is 10.6 Å². The number of hydrogen-bond acceptors (Lipinski definition) is 5. The molecule has 0 aliphatic heterocycles. The quantitative estimate of drug-likeness (QED) is 0.457. The van der Waals surface area contributed by atoms with Crippen LogP contribution in [0.4, 0.5) is 0 Å². The van der Waals surface area contributed by atoms with Crippen LogP contribution in [0.2, 0.25) is 5.02 Å². The maximum Gasteiger partial charge on any atom is 0.322 e. The molecule has 0 aliphatic rings. The molecule has 3 N–H and O–H groups in total. The minimum absolute atomic E-state index is 0.101. The van der Waals surface area contributed by atoms with Crippen LogP contribution >= 0.6 is 11.6 Å². The molecular weight excluding hydrogens is 440 g/mol. The first-order chi connectivity index (χ1) is 13.7. The maximum absolute atomic E-state index is 12.3. The van der Waals surface area contributed by atoms with Crippen LogP contribution in [0.1, 0.15) is 5.56 Å². The summed E-state index contributed by atoms with van der Waals surface area (Å²) in [6.07, 6.45) is 0.350. The number of carbonyl (C=O) groups excluding carboxylic acids is 1. The number of carboxylic acid groups (broad SMARTS) is 1. The van der Waals surface area contributed by atoms with E-state index in [1.165, 1.54) is 24.3 Å². The van der Waals surface area contributed by atoms with E-state index in [9.17, 15) is 22.6 Å². The Morgan fingerprint density at radius 2 is 1.83 bits per heavy atom. The van der Waals surface area contributed by atoms with Crippen molar-refractivity contribution in [1.29, 1.82) is 0 Å². The number of halogens is 1. The number of benzene rings is 2. The Balaban J connectivity index is 1.91. The minimum atomic E-state index is -3.67. The lowest BCUT2D eigenvalue weighted by atomic mass is 10.2. The number of carboxylic acids is 1. The molecule has 0 aromatic heterocycles. The van der Waals surface area contributed by atoms with Gasteiger partial charge in [-0.1, -0.05) is 23.7 Å². The van der Waals surface area contributed by atoms with Crippen molar-refractivity contribution < 1.29 is 27.7 Å². The van der Waals surface area contributed by atoms with Crippen LogP contribution in [0.15, 0.2) is 58.3 Å². The third-order valence-electron chi connectivity index (χ3n) is 3.69. The van der Waals surface area contributed by atoms with Gasteiger partial charge in [-0.25, -0.2) is 13.1 Å². The van der Waals surface area contributed by atoms with E-state index in [1.54, 1.807) is 24.3 Å². The Morgan fingerprint density at radius 1 is 1.14 bits per heavy atom. The SMILES string of the molecule is O=C(O)CNC(=O)C[S+]([O-])c1cccc(CCNS(=O)(=O)c2ccc(Cl)cc2)c1. The molecule has 0 saturated heterocycles. The van der Waals surface area contributed by atoms with Crippen molar-refractivity contribution in [3.63, 3.8) is 0 Å². The fourth-order valence-corrected chi connectivity index (χ4v) is 4.47. The number of rotatable bonds is 10. The number of amides is 1. The van der Waals surface area contributed by atoms with Gasteiger partial charge in [0.1, 0.15) is 6.54 Å².